The first-order chi connectivity index (χ1) is 11.3. The van der Waals surface area contributed by atoms with Crippen molar-refractivity contribution in [3.63, 3.8) is 0 Å². The summed E-state index contributed by atoms with van der Waals surface area (Å²) in [5.41, 5.74) is 2.55. The molecule has 7 heteroatoms. The maximum atomic E-state index is 12.2. The molecule has 7 nitrogen and oxygen atoms in total. The lowest BCUT2D eigenvalue weighted by Gasteiger charge is -2.29. The Morgan fingerprint density at radius 1 is 1.38 bits per heavy atom. The Bertz CT molecular complexity index is 659. The third-order valence-electron chi connectivity index (χ3n) is 4.16. The van der Waals surface area contributed by atoms with Gasteiger partial charge < -0.3 is 20.2 Å². The second-order valence-corrected chi connectivity index (χ2v) is 6.03. The molecule has 1 atom stereocenters. The maximum absolute atomic E-state index is 12.2. The third-order valence-corrected chi connectivity index (χ3v) is 4.16. The van der Waals surface area contributed by atoms with Gasteiger partial charge in [0.15, 0.2) is 0 Å². The van der Waals surface area contributed by atoms with Crippen LogP contribution in [0.25, 0.3) is 0 Å². The van der Waals surface area contributed by atoms with Crippen LogP contribution in [0.2, 0.25) is 0 Å². The zero-order chi connectivity index (χ0) is 17.9. The Morgan fingerprint density at radius 2 is 2.08 bits per heavy atom. The van der Waals surface area contributed by atoms with Crippen molar-refractivity contribution < 1.29 is 19.5 Å². The fourth-order valence-electron chi connectivity index (χ4n) is 2.78. The van der Waals surface area contributed by atoms with E-state index in [9.17, 15) is 14.4 Å². The molecule has 130 valence electrons. The van der Waals surface area contributed by atoms with Crippen molar-refractivity contribution in [2.45, 2.75) is 26.7 Å². The number of urea groups is 1. The number of nitrogens with zero attached hydrogens (tertiary/aromatic N) is 2. The van der Waals surface area contributed by atoms with Gasteiger partial charge in [-0.1, -0.05) is 6.92 Å². The van der Waals surface area contributed by atoms with Crippen molar-refractivity contribution in [1.82, 2.24) is 4.90 Å². The summed E-state index contributed by atoms with van der Waals surface area (Å²) < 4.78 is 0. The number of aliphatic carboxylic acids is 1. The van der Waals surface area contributed by atoms with Crippen LogP contribution >= 0.6 is 0 Å². The van der Waals surface area contributed by atoms with Gasteiger partial charge in [-0.3, -0.25) is 9.59 Å². The average molecular weight is 333 g/mol. The summed E-state index contributed by atoms with van der Waals surface area (Å²) in [5, 5.41) is 11.7. The highest BCUT2D eigenvalue weighted by Crippen LogP contribution is 2.30. The molecule has 24 heavy (non-hydrogen) atoms. The Kier molecular flexibility index (Phi) is 5.43. The fraction of sp³-hybridized carbons (Fsp3) is 0.471. The number of rotatable bonds is 5. The zero-order valence-electron chi connectivity index (χ0n) is 14.2. The minimum absolute atomic E-state index is 0.115. The lowest BCUT2D eigenvalue weighted by atomic mass is 10.0. The first-order valence-corrected chi connectivity index (χ1v) is 8.01. The van der Waals surface area contributed by atoms with E-state index in [0.29, 0.717) is 25.1 Å². The van der Waals surface area contributed by atoms with E-state index in [2.05, 4.69) is 5.32 Å². The van der Waals surface area contributed by atoms with Gasteiger partial charge in [-0.25, -0.2) is 4.79 Å². The molecule has 1 aliphatic rings. The topological polar surface area (TPSA) is 90.0 Å². The number of anilines is 2. The minimum Gasteiger partial charge on any atom is -0.481 e. The van der Waals surface area contributed by atoms with E-state index in [1.54, 1.807) is 24.9 Å². The van der Waals surface area contributed by atoms with Gasteiger partial charge in [-0.05, 0) is 37.1 Å². The van der Waals surface area contributed by atoms with E-state index in [1.807, 2.05) is 19.1 Å². The number of benzene rings is 1. The van der Waals surface area contributed by atoms with Crippen molar-refractivity contribution in [2.24, 2.45) is 5.92 Å². The van der Waals surface area contributed by atoms with Crippen molar-refractivity contribution in [1.29, 1.82) is 0 Å². The Labute approximate surface area is 141 Å². The van der Waals surface area contributed by atoms with Gasteiger partial charge in [-0.15, -0.1) is 0 Å². The van der Waals surface area contributed by atoms with Crippen LogP contribution in [0.1, 0.15) is 25.8 Å². The lowest BCUT2D eigenvalue weighted by Crippen LogP contribution is -2.37. The number of carbonyl (C=O) groups is 3. The Morgan fingerprint density at radius 3 is 2.71 bits per heavy atom. The molecule has 0 saturated heterocycles. The van der Waals surface area contributed by atoms with Crippen LogP contribution in [-0.4, -0.2) is 48.1 Å². The molecule has 1 aliphatic heterocycles. The highest BCUT2D eigenvalue weighted by molar-refractivity contribution is 5.97. The smallest absolute Gasteiger partial charge is 0.321 e. The molecule has 0 bridgehead atoms. The molecule has 0 radical (unpaired) electrons. The molecule has 0 spiro atoms. The zero-order valence-corrected chi connectivity index (χ0v) is 14.2. The number of amides is 3. The number of nitrogens with one attached hydrogen (secondary N) is 1. The van der Waals surface area contributed by atoms with Crippen molar-refractivity contribution >= 4 is 29.3 Å². The summed E-state index contributed by atoms with van der Waals surface area (Å²) in [4.78, 5) is 38.0. The number of hydrogen-bond acceptors (Lipinski definition) is 3. The van der Waals surface area contributed by atoms with Gasteiger partial charge in [0.25, 0.3) is 0 Å². The maximum Gasteiger partial charge on any atom is 0.321 e. The van der Waals surface area contributed by atoms with Gasteiger partial charge in [0.1, 0.15) is 0 Å². The summed E-state index contributed by atoms with van der Waals surface area (Å²) >= 11 is 0. The predicted octanol–water partition coefficient (Wildman–Crippen LogP) is 2.17. The standard InChI is InChI=1S/C17H23N3O4/c1-4-20-14-7-6-13(9-12(14)5-8-15(20)21)18-17(24)19(3)10-11(2)16(22)23/h6-7,9,11H,4-5,8,10H2,1-3H3,(H,18,24)(H,22,23). The molecule has 0 fully saturated rings. The van der Waals surface area contributed by atoms with Crippen molar-refractivity contribution in [2.75, 3.05) is 30.4 Å². The van der Waals surface area contributed by atoms with Gasteiger partial charge in [-0.2, -0.15) is 0 Å². The second-order valence-electron chi connectivity index (χ2n) is 6.03. The summed E-state index contributed by atoms with van der Waals surface area (Å²) in [6.45, 7) is 4.24. The molecule has 0 saturated carbocycles. The van der Waals surface area contributed by atoms with Gasteiger partial charge in [0, 0.05) is 37.9 Å². The van der Waals surface area contributed by atoms with E-state index >= 15 is 0 Å². The Balaban J connectivity index is 2.07. The first kappa shape index (κ1) is 17.8. The molecule has 1 unspecified atom stereocenters. The summed E-state index contributed by atoms with van der Waals surface area (Å²) in [6.07, 6.45) is 1.12. The van der Waals surface area contributed by atoms with Crippen LogP contribution < -0.4 is 10.2 Å². The van der Waals surface area contributed by atoms with E-state index in [4.69, 9.17) is 5.11 Å². The largest absolute Gasteiger partial charge is 0.481 e. The quantitative estimate of drug-likeness (QED) is 0.864. The number of carboxylic acid groups (broad SMARTS) is 1. The van der Waals surface area contributed by atoms with Crippen LogP contribution in [0.5, 0.6) is 0 Å². The molecule has 0 aliphatic carbocycles. The second kappa shape index (κ2) is 7.33. The van der Waals surface area contributed by atoms with Crippen molar-refractivity contribution in [3.8, 4) is 0 Å². The summed E-state index contributed by atoms with van der Waals surface area (Å²) in [7, 11) is 1.56. The van der Waals surface area contributed by atoms with Crippen LogP contribution in [0, 0.1) is 5.92 Å². The molecule has 0 aromatic heterocycles. The molecular formula is C17H23N3O4. The predicted molar refractivity (Wildman–Crippen MR) is 91.2 cm³/mol. The number of hydrogen-bond donors (Lipinski definition) is 2. The molecule has 2 rings (SSSR count). The Hall–Kier alpha value is -2.57. The monoisotopic (exact) mass is 333 g/mol. The first-order valence-electron chi connectivity index (χ1n) is 8.01. The van der Waals surface area contributed by atoms with E-state index in [-0.39, 0.29) is 18.5 Å². The minimum atomic E-state index is -0.937. The molecule has 1 heterocycles. The molecular weight excluding hydrogens is 310 g/mol. The molecule has 1 aromatic carbocycles. The molecule has 3 amide bonds. The molecule has 1 aromatic rings. The highest BCUT2D eigenvalue weighted by Gasteiger charge is 2.23. The van der Waals surface area contributed by atoms with Gasteiger partial charge in [0.2, 0.25) is 5.91 Å². The van der Waals surface area contributed by atoms with E-state index in [0.717, 1.165) is 11.3 Å². The third kappa shape index (κ3) is 3.84. The van der Waals surface area contributed by atoms with E-state index < -0.39 is 11.9 Å². The van der Waals surface area contributed by atoms with Crippen LogP contribution in [0.3, 0.4) is 0 Å². The van der Waals surface area contributed by atoms with Gasteiger partial charge in [0.05, 0.1) is 5.92 Å². The van der Waals surface area contributed by atoms with Gasteiger partial charge >= 0.3 is 12.0 Å². The average Bonchev–Trinajstić information content (AvgIpc) is 2.54. The summed E-state index contributed by atoms with van der Waals surface area (Å²) in [5.74, 6) is -1.45. The molecule has 2 N–H and O–H groups in total. The fourth-order valence-corrected chi connectivity index (χ4v) is 2.78. The van der Waals surface area contributed by atoms with Crippen molar-refractivity contribution in [3.05, 3.63) is 23.8 Å². The number of carbonyl (C=O) groups excluding carboxylic acids is 2. The highest BCUT2D eigenvalue weighted by atomic mass is 16.4. The van der Waals surface area contributed by atoms with E-state index in [1.165, 1.54) is 4.90 Å². The SMILES string of the molecule is CCN1C(=O)CCc2cc(NC(=O)N(C)CC(C)C(=O)O)ccc21. The number of carboxylic acids is 1. The summed E-state index contributed by atoms with van der Waals surface area (Å²) in [6, 6.07) is 5.11. The normalized spacial score (nSPS) is 14.8. The number of aryl methyl sites for hydroxylation is 1. The van der Waals surface area contributed by atoms with Crippen LogP contribution in [0.4, 0.5) is 16.2 Å². The van der Waals surface area contributed by atoms with Crippen LogP contribution in [0.15, 0.2) is 18.2 Å². The number of fused-ring (bicyclic) bond motifs is 1. The van der Waals surface area contributed by atoms with Crippen LogP contribution in [-0.2, 0) is 16.0 Å². The lowest BCUT2D eigenvalue weighted by molar-refractivity contribution is -0.141.